The molecular weight excluding hydrogens is 460 g/mol. The van der Waals surface area contributed by atoms with Gasteiger partial charge in [0.05, 0.1) is 24.6 Å². The average molecular weight is 495 g/mol. The van der Waals surface area contributed by atoms with Crippen LogP contribution in [0.4, 0.5) is 5.69 Å². The highest BCUT2D eigenvalue weighted by atomic mass is 16.4. The van der Waals surface area contributed by atoms with Crippen LogP contribution >= 0.6 is 0 Å². The van der Waals surface area contributed by atoms with E-state index >= 15 is 0 Å². The molecule has 2 aliphatic rings. The van der Waals surface area contributed by atoms with Crippen molar-refractivity contribution in [2.24, 2.45) is 0 Å². The second kappa shape index (κ2) is 9.67. The fraction of sp³-hybridized carbons (Fsp3) is 0.464. The number of aryl methyl sites for hydroxylation is 2. The van der Waals surface area contributed by atoms with Crippen LogP contribution in [0.1, 0.15) is 61.3 Å². The van der Waals surface area contributed by atoms with Gasteiger partial charge in [-0.15, -0.1) is 0 Å². The minimum atomic E-state index is -2.73. The predicted octanol–water partition coefficient (Wildman–Crippen LogP) is 3.69. The van der Waals surface area contributed by atoms with E-state index in [1.165, 1.54) is 0 Å². The van der Waals surface area contributed by atoms with Crippen molar-refractivity contribution in [3.05, 3.63) is 65.2 Å². The first-order chi connectivity index (χ1) is 17.0. The van der Waals surface area contributed by atoms with E-state index in [4.69, 9.17) is 0 Å². The summed E-state index contributed by atoms with van der Waals surface area (Å²) >= 11 is 0. The Morgan fingerprint density at radius 3 is 2.06 bits per heavy atom. The van der Waals surface area contributed by atoms with Crippen molar-refractivity contribution in [2.75, 3.05) is 11.9 Å². The van der Waals surface area contributed by atoms with E-state index in [1.807, 2.05) is 62.4 Å². The molecule has 36 heavy (non-hydrogen) atoms. The van der Waals surface area contributed by atoms with E-state index in [1.54, 1.807) is 4.90 Å². The van der Waals surface area contributed by atoms with Gasteiger partial charge in [0.25, 0.3) is 0 Å². The van der Waals surface area contributed by atoms with Gasteiger partial charge in [-0.05, 0) is 63.3 Å². The van der Waals surface area contributed by atoms with Crippen molar-refractivity contribution in [2.45, 2.75) is 75.6 Å². The quantitative estimate of drug-likeness (QED) is 0.487. The molecule has 2 bridgehead atoms. The van der Waals surface area contributed by atoms with Gasteiger partial charge in [-0.1, -0.05) is 48.5 Å². The molecule has 2 aliphatic heterocycles. The monoisotopic (exact) mass is 494 g/mol. The van der Waals surface area contributed by atoms with E-state index in [-0.39, 0.29) is 5.54 Å². The zero-order valence-corrected chi connectivity index (χ0v) is 21.0. The number of rotatable bonds is 9. The first-order valence-electron chi connectivity index (χ1n) is 12.3. The number of fused-ring (bicyclic) bond motifs is 2. The Morgan fingerprint density at radius 2 is 1.58 bits per heavy atom. The summed E-state index contributed by atoms with van der Waals surface area (Å²) in [4.78, 5) is 41.6. The highest BCUT2D eigenvalue weighted by Gasteiger charge is 2.57. The summed E-state index contributed by atoms with van der Waals surface area (Å²) in [7, 11) is 2.09. The minimum absolute atomic E-state index is 0.370. The number of aliphatic hydroxyl groups is 1. The normalized spacial score (nSPS) is 23.7. The number of carboxylic acid groups (broad SMARTS) is 2. The molecule has 3 N–H and O–H groups in total. The van der Waals surface area contributed by atoms with Crippen LogP contribution in [0.2, 0.25) is 0 Å². The first kappa shape index (κ1) is 25.9. The van der Waals surface area contributed by atoms with Gasteiger partial charge in [0, 0.05) is 11.6 Å². The molecular formula is C28H34N2O6. The molecule has 1 amide bonds. The van der Waals surface area contributed by atoms with Crippen LogP contribution in [0, 0.1) is 13.8 Å². The summed E-state index contributed by atoms with van der Waals surface area (Å²) in [6.45, 7) is 3.80. The molecule has 0 radical (unpaired) electrons. The SMILES string of the molecule is Cc1cccc(C)c1N(C(=O)CC(O)(CC(=O)O)C(=O)O)C(c1ccccc1)C12CCC(CC1)N2C. The van der Waals surface area contributed by atoms with E-state index < -0.39 is 42.3 Å². The van der Waals surface area contributed by atoms with Crippen LogP contribution < -0.4 is 4.90 Å². The van der Waals surface area contributed by atoms with Crippen molar-refractivity contribution in [1.82, 2.24) is 4.90 Å². The number of hydrogen-bond acceptors (Lipinski definition) is 5. The van der Waals surface area contributed by atoms with Gasteiger partial charge in [0.15, 0.2) is 5.60 Å². The van der Waals surface area contributed by atoms with Gasteiger partial charge in [0.2, 0.25) is 5.91 Å². The molecule has 4 rings (SSSR count). The fourth-order valence-corrected chi connectivity index (χ4v) is 6.39. The van der Waals surface area contributed by atoms with Gasteiger partial charge in [0.1, 0.15) is 0 Å². The number of para-hydroxylation sites is 1. The van der Waals surface area contributed by atoms with Gasteiger partial charge in [-0.25, -0.2) is 4.79 Å². The van der Waals surface area contributed by atoms with Crippen LogP contribution in [0.15, 0.2) is 48.5 Å². The number of carboxylic acids is 2. The molecule has 8 heteroatoms. The van der Waals surface area contributed by atoms with Gasteiger partial charge in [-0.2, -0.15) is 0 Å². The third-order valence-electron chi connectivity index (χ3n) is 8.19. The Balaban J connectivity index is 1.92. The summed E-state index contributed by atoms with van der Waals surface area (Å²) in [6.07, 6.45) is 1.84. The third-order valence-corrected chi connectivity index (χ3v) is 8.19. The van der Waals surface area contributed by atoms with Crippen molar-refractivity contribution < 1.29 is 29.7 Å². The zero-order chi connectivity index (χ0) is 26.3. The van der Waals surface area contributed by atoms with Crippen molar-refractivity contribution in [3.8, 4) is 0 Å². The molecule has 192 valence electrons. The summed E-state index contributed by atoms with van der Waals surface area (Å²) in [5.41, 5.74) is 0.166. The Labute approximate surface area is 211 Å². The molecule has 0 spiro atoms. The number of benzene rings is 2. The number of carbonyl (C=O) groups excluding carboxylic acids is 1. The lowest BCUT2D eigenvalue weighted by Gasteiger charge is -2.47. The smallest absolute Gasteiger partial charge is 0.336 e. The lowest BCUT2D eigenvalue weighted by molar-refractivity contribution is -0.167. The molecule has 2 aromatic rings. The molecule has 8 nitrogen and oxygen atoms in total. The summed E-state index contributed by atoms with van der Waals surface area (Å²) in [6, 6.07) is 15.4. The van der Waals surface area contributed by atoms with Gasteiger partial charge < -0.3 is 20.2 Å². The number of hydrogen-bond donors (Lipinski definition) is 3. The summed E-state index contributed by atoms with van der Waals surface area (Å²) < 4.78 is 0. The minimum Gasteiger partial charge on any atom is -0.481 e. The first-order valence-corrected chi connectivity index (χ1v) is 12.3. The summed E-state index contributed by atoms with van der Waals surface area (Å²) in [5, 5.41) is 29.8. The average Bonchev–Trinajstić information content (AvgIpc) is 3.30. The number of nitrogens with zero attached hydrogens (tertiary/aromatic N) is 2. The molecule has 2 heterocycles. The van der Waals surface area contributed by atoms with Crippen LogP contribution in [0.25, 0.3) is 0 Å². The topological polar surface area (TPSA) is 118 Å². The van der Waals surface area contributed by atoms with Gasteiger partial charge >= 0.3 is 11.9 Å². The Kier molecular flexibility index (Phi) is 6.94. The number of carbonyl (C=O) groups is 3. The maximum Gasteiger partial charge on any atom is 0.336 e. The lowest BCUT2D eigenvalue weighted by Crippen LogP contribution is -2.55. The second-order valence-corrected chi connectivity index (χ2v) is 10.3. The molecule has 2 atom stereocenters. The standard InChI is InChI=1S/C28H34N2O6/c1-18-8-7-9-19(2)24(18)30(22(31)16-28(36,26(34)35)17-23(32)33)25(20-10-5-4-6-11-20)27-14-12-21(13-15-27)29(27)3/h4-11,21,25,36H,12-17H2,1-3H3,(H,32,33)(H,34,35). The molecule has 2 unspecified atom stereocenters. The Morgan fingerprint density at radius 1 is 1.00 bits per heavy atom. The number of likely N-dealkylation sites (N-methyl/N-ethyl adjacent to an activating group) is 1. The predicted molar refractivity (Wildman–Crippen MR) is 135 cm³/mol. The van der Waals surface area contributed by atoms with E-state index in [2.05, 4.69) is 11.9 Å². The van der Waals surface area contributed by atoms with E-state index in [9.17, 15) is 29.7 Å². The van der Waals surface area contributed by atoms with Crippen molar-refractivity contribution in [1.29, 1.82) is 0 Å². The molecule has 2 aromatic carbocycles. The molecule has 2 saturated heterocycles. The largest absolute Gasteiger partial charge is 0.481 e. The van der Waals surface area contributed by atoms with Gasteiger partial charge in [-0.3, -0.25) is 14.5 Å². The number of aliphatic carboxylic acids is 2. The molecule has 0 aromatic heterocycles. The van der Waals surface area contributed by atoms with Crippen molar-refractivity contribution in [3.63, 3.8) is 0 Å². The van der Waals surface area contributed by atoms with Crippen molar-refractivity contribution >= 4 is 23.5 Å². The summed E-state index contributed by atoms with van der Waals surface area (Å²) in [5.74, 6) is -3.84. The van der Waals surface area contributed by atoms with E-state index in [0.717, 1.165) is 42.4 Å². The highest BCUT2D eigenvalue weighted by Crippen LogP contribution is 2.55. The fourth-order valence-electron chi connectivity index (χ4n) is 6.39. The lowest BCUT2D eigenvalue weighted by atomic mass is 9.76. The van der Waals surface area contributed by atoms with Crippen LogP contribution in [-0.4, -0.2) is 62.3 Å². The second-order valence-electron chi connectivity index (χ2n) is 10.3. The Hall–Kier alpha value is -3.23. The number of amides is 1. The van der Waals surface area contributed by atoms with Crippen LogP contribution in [0.5, 0.6) is 0 Å². The molecule has 0 saturated carbocycles. The number of anilines is 1. The highest BCUT2D eigenvalue weighted by molar-refractivity contribution is 6.00. The molecule has 0 aliphatic carbocycles. The van der Waals surface area contributed by atoms with Crippen LogP contribution in [-0.2, 0) is 14.4 Å². The zero-order valence-electron chi connectivity index (χ0n) is 21.0. The third kappa shape index (κ3) is 4.40. The van der Waals surface area contributed by atoms with Crippen LogP contribution in [0.3, 0.4) is 0 Å². The Bertz CT molecular complexity index is 1140. The van der Waals surface area contributed by atoms with E-state index in [0.29, 0.717) is 11.7 Å². The molecule has 2 fully saturated rings. The maximum atomic E-state index is 14.2. The maximum absolute atomic E-state index is 14.2.